The maximum Gasteiger partial charge on any atom is 0.256 e. The van der Waals surface area contributed by atoms with E-state index in [0.29, 0.717) is 17.9 Å². The highest BCUT2D eigenvalue weighted by Crippen LogP contribution is 2.20. The van der Waals surface area contributed by atoms with Crippen molar-refractivity contribution >= 4 is 27.5 Å². The summed E-state index contributed by atoms with van der Waals surface area (Å²) in [6.45, 7) is 2.43. The van der Waals surface area contributed by atoms with Gasteiger partial charge in [0.1, 0.15) is 0 Å². The van der Waals surface area contributed by atoms with Crippen LogP contribution < -0.4 is 5.73 Å². The summed E-state index contributed by atoms with van der Waals surface area (Å²) in [6, 6.07) is 5.26. The van der Waals surface area contributed by atoms with Gasteiger partial charge in [0, 0.05) is 24.3 Å². The van der Waals surface area contributed by atoms with E-state index in [1.165, 1.54) is 0 Å². The van der Waals surface area contributed by atoms with Gasteiger partial charge in [-0.1, -0.05) is 15.9 Å². The quantitative estimate of drug-likeness (QED) is 0.867. The molecule has 1 amide bonds. The monoisotopic (exact) mass is 300 g/mol. The predicted octanol–water partition coefficient (Wildman–Crippen LogP) is 2.14. The Morgan fingerprint density at radius 3 is 2.76 bits per heavy atom. The van der Waals surface area contributed by atoms with Gasteiger partial charge in [0.05, 0.1) is 18.2 Å². The summed E-state index contributed by atoms with van der Waals surface area (Å²) in [5.41, 5.74) is 6.81. The molecule has 1 aromatic carbocycles. The number of rotatable bonds is 4. The lowest BCUT2D eigenvalue weighted by Gasteiger charge is -2.24. The Labute approximate surface area is 110 Å². The number of nitrogens with zero attached hydrogens (tertiary/aromatic N) is 1. The van der Waals surface area contributed by atoms with Crippen LogP contribution in [0.15, 0.2) is 22.7 Å². The van der Waals surface area contributed by atoms with Gasteiger partial charge in [0.25, 0.3) is 5.91 Å². The molecule has 1 unspecified atom stereocenters. The zero-order valence-electron chi connectivity index (χ0n) is 10.2. The van der Waals surface area contributed by atoms with Crippen molar-refractivity contribution in [3.63, 3.8) is 0 Å². The molecule has 0 spiro atoms. The summed E-state index contributed by atoms with van der Waals surface area (Å²) in [4.78, 5) is 13.8. The molecule has 0 fully saturated rings. The van der Waals surface area contributed by atoms with Gasteiger partial charge in [-0.2, -0.15) is 0 Å². The summed E-state index contributed by atoms with van der Waals surface area (Å²) < 4.78 is 5.89. The fourth-order valence-electron chi connectivity index (χ4n) is 1.47. The van der Waals surface area contributed by atoms with Gasteiger partial charge >= 0.3 is 0 Å². The zero-order valence-corrected chi connectivity index (χ0v) is 11.8. The topological polar surface area (TPSA) is 55.6 Å². The minimum absolute atomic E-state index is 0.00977. The molecule has 1 atom stereocenters. The minimum atomic E-state index is -0.0976. The average molecular weight is 301 g/mol. The van der Waals surface area contributed by atoms with Crippen molar-refractivity contribution in [2.45, 2.75) is 13.0 Å². The molecular formula is C12H17BrN2O2. The maximum atomic E-state index is 12.2. The number of amides is 1. The summed E-state index contributed by atoms with van der Waals surface area (Å²) in [6.07, 6.45) is 0. The number of carbonyl (C=O) groups is 1. The van der Waals surface area contributed by atoms with Crippen LogP contribution in [0.1, 0.15) is 17.3 Å². The lowest BCUT2D eigenvalue weighted by Crippen LogP contribution is -2.38. The van der Waals surface area contributed by atoms with E-state index in [1.807, 2.05) is 6.92 Å². The van der Waals surface area contributed by atoms with Crippen molar-refractivity contribution in [2.75, 3.05) is 26.5 Å². The number of hydrogen-bond acceptors (Lipinski definition) is 3. The second-order valence-corrected chi connectivity index (χ2v) is 4.87. The highest BCUT2D eigenvalue weighted by atomic mass is 79.9. The van der Waals surface area contributed by atoms with Crippen molar-refractivity contribution in [3.05, 3.63) is 28.2 Å². The Kier molecular flexibility index (Phi) is 4.96. The van der Waals surface area contributed by atoms with Crippen LogP contribution >= 0.6 is 15.9 Å². The number of methoxy groups -OCH3 is 1. The van der Waals surface area contributed by atoms with E-state index in [4.69, 9.17) is 10.5 Å². The van der Waals surface area contributed by atoms with Crippen molar-refractivity contribution in [3.8, 4) is 0 Å². The number of ether oxygens (including phenoxy) is 1. The molecule has 94 valence electrons. The van der Waals surface area contributed by atoms with E-state index >= 15 is 0 Å². The summed E-state index contributed by atoms with van der Waals surface area (Å²) in [5.74, 6) is -0.0976. The first kappa shape index (κ1) is 14.0. The van der Waals surface area contributed by atoms with E-state index in [2.05, 4.69) is 15.9 Å². The van der Waals surface area contributed by atoms with E-state index < -0.39 is 0 Å². The van der Waals surface area contributed by atoms with Crippen LogP contribution in [0, 0.1) is 0 Å². The number of hydrogen-bond donors (Lipinski definition) is 1. The summed E-state index contributed by atoms with van der Waals surface area (Å²) in [7, 11) is 3.36. The third kappa shape index (κ3) is 3.44. The number of halogens is 1. The molecule has 4 nitrogen and oxygen atoms in total. The van der Waals surface area contributed by atoms with Crippen LogP contribution in [0.5, 0.6) is 0 Å². The van der Waals surface area contributed by atoms with Gasteiger partial charge in [0.15, 0.2) is 0 Å². The summed E-state index contributed by atoms with van der Waals surface area (Å²) in [5, 5.41) is 0. The van der Waals surface area contributed by atoms with Crippen LogP contribution in [0.2, 0.25) is 0 Å². The van der Waals surface area contributed by atoms with E-state index in [-0.39, 0.29) is 11.9 Å². The van der Waals surface area contributed by atoms with Crippen LogP contribution in [0.3, 0.4) is 0 Å². The second-order valence-electron chi connectivity index (χ2n) is 3.95. The lowest BCUT2D eigenvalue weighted by atomic mass is 10.1. The van der Waals surface area contributed by atoms with Crippen molar-refractivity contribution in [1.82, 2.24) is 4.90 Å². The lowest BCUT2D eigenvalue weighted by molar-refractivity contribution is 0.0634. The molecular weight excluding hydrogens is 284 g/mol. The average Bonchev–Trinajstić information content (AvgIpc) is 2.27. The van der Waals surface area contributed by atoms with Crippen LogP contribution in [-0.4, -0.2) is 37.6 Å². The second kappa shape index (κ2) is 6.02. The third-order valence-corrected chi connectivity index (χ3v) is 3.13. The smallest absolute Gasteiger partial charge is 0.256 e. The van der Waals surface area contributed by atoms with Gasteiger partial charge in [-0.25, -0.2) is 0 Å². The molecule has 0 aromatic heterocycles. The molecule has 0 heterocycles. The van der Waals surface area contributed by atoms with E-state index in [0.717, 1.165) is 4.47 Å². The Morgan fingerprint density at radius 1 is 1.59 bits per heavy atom. The van der Waals surface area contributed by atoms with Crippen LogP contribution in [0.4, 0.5) is 5.69 Å². The molecule has 0 saturated carbocycles. The number of nitrogen functional groups attached to an aromatic ring is 1. The molecule has 0 saturated heterocycles. The molecule has 0 aliphatic rings. The van der Waals surface area contributed by atoms with Crippen LogP contribution in [0.25, 0.3) is 0 Å². The highest BCUT2D eigenvalue weighted by molar-refractivity contribution is 9.10. The van der Waals surface area contributed by atoms with Gasteiger partial charge in [0.2, 0.25) is 0 Å². The Morgan fingerprint density at radius 2 is 2.24 bits per heavy atom. The summed E-state index contributed by atoms with van der Waals surface area (Å²) >= 11 is 3.31. The largest absolute Gasteiger partial charge is 0.398 e. The first-order valence-electron chi connectivity index (χ1n) is 5.28. The number of likely N-dealkylation sites (N-methyl/N-ethyl adjacent to an activating group) is 1. The zero-order chi connectivity index (χ0) is 13.0. The molecule has 17 heavy (non-hydrogen) atoms. The molecule has 1 rings (SSSR count). The molecule has 0 radical (unpaired) electrons. The van der Waals surface area contributed by atoms with Crippen LogP contribution in [-0.2, 0) is 4.74 Å². The molecule has 0 aliphatic heterocycles. The van der Waals surface area contributed by atoms with Crippen molar-refractivity contribution in [2.24, 2.45) is 0 Å². The fourth-order valence-corrected chi connectivity index (χ4v) is 1.85. The Bertz CT molecular complexity index is 409. The number of nitrogens with two attached hydrogens (primary N) is 1. The van der Waals surface area contributed by atoms with Gasteiger partial charge < -0.3 is 15.4 Å². The van der Waals surface area contributed by atoms with Crippen molar-refractivity contribution < 1.29 is 9.53 Å². The molecule has 0 bridgehead atoms. The first-order valence-corrected chi connectivity index (χ1v) is 6.07. The fraction of sp³-hybridized carbons (Fsp3) is 0.417. The van der Waals surface area contributed by atoms with Gasteiger partial charge in [-0.15, -0.1) is 0 Å². The first-order chi connectivity index (χ1) is 7.97. The number of anilines is 1. The minimum Gasteiger partial charge on any atom is -0.398 e. The van der Waals surface area contributed by atoms with E-state index in [1.54, 1.807) is 37.3 Å². The Balaban J connectivity index is 2.88. The molecule has 2 N–H and O–H groups in total. The maximum absolute atomic E-state index is 12.2. The number of benzene rings is 1. The third-order valence-electron chi connectivity index (χ3n) is 2.63. The molecule has 0 aliphatic carbocycles. The SMILES string of the molecule is COCC(C)N(C)C(=O)c1ccc(Br)cc1N. The van der Waals surface area contributed by atoms with E-state index in [9.17, 15) is 4.79 Å². The highest BCUT2D eigenvalue weighted by Gasteiger charge is 2.19. The predicted molar refractivity (Wildman–Crippen MR) is 72.0 cm³/mol. The molecule has 5 heteroatoms. The molecule has 1 aromatic rings. The van der Waals surface area contributed by atoms with Gasteiger partial charge in [-0.05, 0) is 25.1 Å². The normalized spacial score (nSPS) is 12.2. The standard InChI is InChI=1S/C12H17BrN2O2/c1-8(7-17-3)15(2)12(16)10-5-4-9(13)6-11(10)14/h4-6,8H,7,14H2,1-3H3. The number of carbonyl (C=O) groups excluding carboxylic acids is 1. The van der Waals surface area contributed by atoms with Gasteiger partial charge in [-0.3, -0.25) is 4.79 Å². The Hall–Kier alpha value is -1.07. The van der Waals surface area contributed by atoms with Crippen molar-refractivity contribution in [1.29, 1.82) is 0 Å².